The third-order valence-corrected chi connectivity index (χ3v) is 6.56. The maximum Gasteiger partial charge on any atom is 0.255 e. The van der Waals surface area contributed by atoms with Gasteiger partial charge >= 0.3 is 0 Å². The summed E-state index contributed by atoms with van der Waals surface area (Å²) in [7, 11) is -3.48. The van der Waals surface area contributed by atoms with Gasteiger partial charge in [0.1, 0.15) is 0 Å². The second kappa shape index (κ2) is 8.48. The first-order chi connectivity index (χ1) is 10.8. The van der Waals surface area contributed by atoms with Gasteiger partial charge in [-0.2, -0.15) is 0 Å². The van der Waals surface area contributed by atoms with Crippen molar-refractivity contribution in [3.63, 3.8) is 0 Å². The molecule has 0 N–H and O–H groups in total. The molecule has 0 saturated heterocycles. The van der Waals surface area contributed by atoms with Crippen LogP contribution < -0.4 is 0 Å². The predicted molar refractivity (Wildman–Crippen MR) is 94.4 cm³/mol. The molecule has 130 valence electrons. The number of carbonyl (C=O) groups is 1. The summed E-state index contributed by atoms with van der Waals surface area (Å²) in [6.45, 7) is 10.7. The van der Waals surface area contributed by atoms with Crippen molar-refractivity contribution in [1.82, 2.24) is 4.90 Å². The first kappa shape index (κ1) is 19.7. The van der Waals surface area contributed by atoms with E-state index in [0.717, 1.165) is 12.8 Å². The highest BCUT2D eigenvalue weighted by molar-refractivity contribution is 7.92. The van der Waals surface area contributed by atoms with Crippen molar-refractivity contribution in [3.05, 3.63) is 29.8 Å². The number of benzene rings is 1. The number of hydrogen-bond acceptors (Lipinski definition) is 3. The Labute approximate surface area is 140 Å². The molecule has 1 aromatic carbocycles. The fourth-order valence-corrected chi connectivity index (χ4v) is 3.77. The third kappa shape index (κ3) is 4.56. The average molecular weight is 340 g/mol. The van der Waals surface area contributed by atoms with Crippen LogP contribution in [0.3, 0.4) is 0 Å². The van der Waals surface area contributed by atoms with Gasteiger partial charge in [-0.3, -0.25) is 4.79 Å². The standard InChI is InChI=1S/C18H29NO3S/c1-6-15(7-2)13-19(8-3)18(20)16-11-9-10-12-17(16)23(21,22)14(4)5/h9-12,14-15H,6-8,13H2,1-5H3. The van der Waals surface area contributed by atoms with E-state index in [2.05, 4.69) is 13.8 Å². The molecule has 5 heteroatoms. The Kier molecular flexibility index (Phi) is 7.26. The molecule has 0 saturated carbocycles. The summed E-state index contributed by atoms with van der Waals surface area (Å²) >= 11 is 0. The van der Waals surface area contributed by atoms with E-state index in [4.69, 9.17) is 0 Å². The van der Waals surface area contributed by atoms with Crippen LogP contribution in [0.1, 0.15) is 57.8 Å². The van der Waals surface area contributed by atoms with Gasteiger partial charge in [0.2, 0.25) is 0 Å². The van der Waals surface area contributed by atoms with Gasteiger partial charge in [-0.1, -0.05) is 38.8 Å². The number of rotatable bonds is 8. The highest BCUT2D eigenvalue weighted by Gasteiger charge is 2.27. The summed E-state index contributed by atoms with van der Waals surface area (Å²) in [5.41, 5.74) is 0.286. The summed E-state index contributed by atoms with van der Waals surface area (Å²) in [6.07, 6.45) is 2.01. The molecule has 4 nitrogen and oxygen atoms in total. The normalized spacial score (nSPS) is 12.0. The SMILES string of the molecule is CCC(CC)CN(CC)C(=O)c1ccccc1S(=O)(=O)C(C)C. The zero-order valence-corrected chi connectivity index (χ0v) is 15.7. The second-order valence-corrected chi connectivity index (χ2v) is 8.59. The van der Waals surface area contributed by atoms with Crippen molar-refractivity contribution in [2.24, 2.45) is 5.92 Å². The van der Waals surface area contributed by atoms with Crippen molar-refractivity contribution < 1.29 is 13.2 Å². The van der Waals surface area contributed by atoms with E-state index < -0.39 is 15.1 Å². The molecular weight excluding hydrogens is 310 g/mol. The van der Waals surface area contributed by atoms with Gasteiger partial charge < -0.3 is 4.90 Å². The van der Waals surface area contributed by atoms with Crippen LogP contribution in [0.15, 0.2) is 29.2 Å². The minimum Gasteiger partial charge on any atom is -0.339 e. The molecule has 1 rings (SSSR count). The Morgan fingerprint density at radius 2 is 1.65 bits per heavy atom. The summed E-state index contributed by atoms with van der Waals surface area (Å²) in [5.74, 6) is 0.243. The maximum atomic E-state index is 12.9. The fraction of sp³-hybridized carbons (Fsp3) is 0.611. The van der Waals surface area contributed by atoms with Crippen molar-refractivity contribution >= 4 is 15.7 Å². The molecule has 0 unspecified atom stereocenters. The molecule has 0 aromatic heterocycles. The molecule has 0 atom stereocenters. The molecule has 23 heavy (non-hydrogen) atoms. The Morgan fingerprint density at radius 1 is 1.09 bits per heavy atom. The molecule has 1 amide bonds. The Hall–Kier alpha value is -1.36. The van der Waals surface area contributed by atoms with Crippen molar-refractivity contribution in [3.8, 4) is 0 Å². The number of sulfone groups is 1. The molecule has 0 spiro atoms. The van der Waals surface area contributed by atoms with Gasteiger partial charge in [0.25, 0.3) is 5.91 Å². The van der Waals surface area contributed by atoms with Gasteiger partial charge in [-0.25, -0.2) is 8.42 Å². The molecule has 0 bridgehead atoms. The van der Waals surface area contributed by atoms with E-state index in [1.165, 1.54) is 6.07 Å². The number of carbonyl (C=O) groups excluding carboxylic acids is 1. The van der Waals surface area contributed by atoms with E-state index in [-0.39, 0.29) is 16.4 Å². The molecule has 0 radical (unpaired) electrons. The van der Waals surface area contributed by atoms with E-state index >= 15 is 0 Å². The van der Waals surface area contributed by atoms with Crippen LogP contribution in [0.25, 0.3) is 0 Å². The maximum absolute atomic E-state index is 12.9. The van der Waals surface area contributed by atoms with Crippen LogP contribution >= 0.6 is 0 Å². The predicted octanol–water partition coefficient (Wildman–Crippen LogP) is 3.77. The van der Waals surface area contributed by atoms with Gasteiger partial charge in [0.15, 0.2) is 9.84 Å². The first-order valence-corrected chi connectivity index (χ1v) is 9.96. The second-order valence-electron chi connectivity index (χ2n) is 6.12. The van der Waals surface area contributed by atoms with Gasteiger partial charge in [-0.05, 0) is 38.8 Å². The lowest BCUT2D eigenvalue weighted by Gasteiger charge is -2.26. The molecular formula is C18H29NO3S. The Morgan fingerprint density at radius 3 is 2.13 bits per heavy atom. The largest absolute Gasteiger partial charge is 0.339 e. The Bertz CT molecular complexity index is 619. The zero-order chi connectivity index (χ0) is 17.6. The summed E-state index contributed by atoms with van der Waals surface area (Å²) in [6, 6.07) is 6.54. The van der Waals surface area contributed by atoms with Crippen LogP contribution in [-0.4, -0.2) is 37.6 Å². The minimum absolute atomic E-state index is 0.142. The number of amides is 1. The monoisotopic (exact) mass is 339 g/mol. The van der Waals surface area contributed by atoms with Crippen LogP contribution in [0, 0.1) is 5.92 Å². The third-order valence-electron chi connectivity index (χ3n) is 4.35. The lowest BCUT2D eigenvalue weighted by atomic mass is 10.0. The Balaban J connectivity index is 3.22. The van der Waals surface area contributed by atoms with E-state index in [9.17, 15) is 13.2 Å². The molecule has 1 aromatic rings. The molecule has 0 heterocycles. The topological polar surface area (TPSA) is 54.5 Å². The number of nitrogens with zero attached hydrogens (tertiary/aromatic N) is 1. The highest BCUT2D eigenvalue weighted by Crippen LogP contribution is 2.22. The van der Waals surface area contributed by atoms with Crippen LogP contribution in [0.2, 0.25) is 0 Å². The molecule has 0 aliphatic heterocycles. The average Bonchev–Trinajstić information content (AvgIpc) is 2.55. The fourth-order valence-electron chi connectivity index (χ4n) is 2.53. The van der Waals surface area contributed by atoms with Gasteiger partial charge in [0, 0.05) is 13.1 Å². The number of hydrogen-bond donors (Lipinski definition) is 0. The minimum atomic E-state index is -3.48. The summed E-state index contributed by atoms with van der Waals surface area (Å²) < 4.78 is 25.1. The van der Waals surface area contributed by atoms with Crippen LogP contribution in [0.4, 0.5) is 0 Å². The first-order valence-electron chi connectivity index (χ1n) is 8.41. The van der Waals surface area contributed by atoms with E-state index in [1.807, 2.05) is 6.92 Å². The van der Waals surface area contributed by atoms with E-state index in [1.54, 1.807) is 36.9 Å². The summed E-state index contributed by atoms with van der Waals surface area (Å²) in [5, 5.41) is -0.550. The quantitative estimate of drug-likeness (QED) is 0.724. The van der Waals surface area contributed by atoms with Crippen molar-refractivity contribution in [2.45, 2.75) is 57.6 Å². The lowest BCUT2D eigenvalue weighted by molar-refractivity contribution is 0.0731. The van der Waals surface area contributed by atoms with Gasteiger partial charge in [0.05, 0.1) is 15.7 Å². The zero-order valence-electron chi connectivity index (χ0n) is 14.9. The molecule has 0 aliphatic carbocycles. The van der Waals surface area contributed by atoms with E-state index in [0.29, 0.717) is 19.0 Å². The highest BCUT2D eigenvalue weighted by atomic mass is 32.2. The molecule has 0 aliphatic rings. The van der Waals surface area contributed by atoms with Crippen LogP contribution in [-0.2, 0) is 9.84 Å². The smallest absolute Gasteiger partial charge is 0.255 e. The van der Waals surface area contributed by atoms with Crippen molar-refractivity contribution in [1.29, 1.82) is 0 Å². The summed E-state index contributed by atoms with van der Waals surface area (Å²) in [4.78, 5) is 14.8. The molecule has 0 fully saturated rings. The van der Waals surface area contributed by atoms with Crippen LogP contribution in [0.5, 0.6) is 0 Å². The lowest BCUT2D eigenvalue weighted by Crippen LogP contribution is -2.36. The van der Waals surface area contributed by atoms with Gasteiger partial charge in [-0.15, -0.1) is 0 Å². The van der Waals surface area contributed by atoms with Crippen molar-refractivity contribution in [2.75, 3.05) is 13.1 Å².